The number of aliphatic hydroxyl groups excluding tert-OH is 6. The van der Waals surface area contributed by atoms with E-state index in [1.807, 2.05) is 0 Å². The molecule has 0 bridgehead atoms. The molecule has 0 saturated carbocycles. The zero-order valence-electron chi connectivity index (χ0n) is 25.5. The Morgan fingerprint density at radius 3 is 1.04 bits per heavy atom. The summed E-state index contributed by atoms with van der Waals surface area (Å²) in [5.41, 5.74) is -5.41. The number of amides is 2. The number of carbonyl (C=O) groups excluding carboxylic acids is 2. The molecule has 2 aromatic heterocycles. The Hall–Kier alpha value is -3.80. The smallest absolute Gasteiger partial charge is 0.261 e. The van der Waals surface area contributed by atoms with Crippen LogP contribution < -0.4 is 32.9 Å². The molecule has 0 spiro atoms. The molecule has 0 aliphatic carbocycles. The number of hydrogen-bond donors (Lipinski definition) is 8. The number of nitrogens with zero attached hydrogens (tertiary/aromatic N) is 2. The summed E-state index contributed by atoms with van der Waals surface area (Å²) in [7, 11) is 0. The zero-order chi connectivity index (χ0) is 34.1. The first kappa shape index (κ1) is 36.7. The first-order chi connectivity index (χ1) is 22.0. The first-order valence-corrected chi connectivity index (χ1v) is 15.1. The number of aromatic nitrogens is 2. The van der Waals surface area contributed by atoms with E-state index in [-0.39, 0.29) is 47.5 Å². The van der Waals surface area contributed by atoms with E-state index >= 15 is 0 Å². The topological polar surface area (TPSA) is 258 Å². The van der Waals surface area contributed by atoms with Gasteiger partial charge in [-0.1, -0.05) is 12.8 Å². The Bertz CT molecular complexity index is 1490. The second-order valence-electron chi connectivity index (χ2n) is 11.7. The van der Waals surface area contributed by atoms with Crippen LogP contribution in [0, 0.1) is 0 Å². The van der Waals surface area contributed by atoms with Gasteiger partial charge in [0, 0.05) is 25.9 Å². The van der Waals surface area contributed by atoms with Crippen LogP contribution in [0.1, 0.15) is 51.4 Å². The van der Waals surface area contributed by atoms with Crippen LogP contribution in [-0.2, 0) is 22.7 Å². The van der Waals surface area contributed by atoms with E-state index in [9.17, 15) is 59.4 Å². The fourth-order valence-corrected chi connectivity index (χ4v) is 5.20. The summed E-state index contributed by atoms with van der Waals surface area (Å²) >= 11 is 0. The van der Waals surface area contributed by atoms with Crippen LogP contribution in [0.5, 0.6) is 0 Å². The summed E-state index contributed by atoms with van der Waals surface area (Å²) in [5.74, 6) is -0.961. The van der Waals surface area contributed by atoms with Gasteiger partial charge in [0.1, 0.15) is 11.1 Å². The largest absolute Gasteiger partial charge is 0.394 e. The van der Waals surface area contributed by atoms with Crippen molar-refractivity contribution in [2.45, 2.75) is 75.5 Å². The molecule has 46 heavy (non-hydrogen) atoms. The lowest BCUT2D eigenvalue weighted by molar-refractivity contribution is -0.126. The van der Waals surface area contributed by atoms with Gasteiger partial charge in [0.25, 0.3) is 22.2 Å². The summed E-state index contributed by atoms with van der Waals surface area (Å²) in [6.45, 7) is -3.72. The minimum Gasteiger partial charge on any atom is -0.394 e. The number of carbonyl (C=O) groups is 2. The van der Waals surface area contributed by atoms with E-state index in [2.05, 4.69) is 10.6 Å². The quantitative estimate of drug-likeness (QED) is 0.0560. The van der Waals surface area contributed by atoms with Gasteiger partial charge in [0.05, 0.1) is 61.2 Å². The number of aliphatic hydroxyl groups is 6. The fourth-order valence-electron chi connectivity index (χ4n) is 5.20. The molecule has 16 heteroatoms. The summed E-state index contributed by atoms with van der Waals surface area (Å²) < 4.78 is 2.06. The number of nitrogens with one attached hydrogen (secondary N) is 2. The number of benzene rings is 1. The maximum Gasteiger partial charge on any atom is 0.261 e. The minimum atomic E-state index is -1.52. The van der Waals surface area contributed by atoms with Crippen molar-refractivity contribution in [3.63, 3.8) is 0 Å². The molecule has 1 aromatic carbocycles. The van der Waals surface area contributed by atoms with Crippen LogP contribution in [0.15, 0.2) is 31.3 Å². The third-order valence-corrected chi connectivity index (χ3v) is 8.26. The molecule has 3 rings (SSSR count). The maximum absolute atomic E-state index is 13.0. The van der Waals surface area contributed by atoms with Crippen LogP contribution in [0.25, 0.3) is 21.5 Å². The molecule has 0 saturated heterocycles. The van der Waals surface area contributed by atoms with Gasteiger partial charge in [0.2, 0.25) is 11.8 Å². The average molecular weight is 651 g/mol. The van der Waals surface area contributed by atoms with Gasteiger partial charge in [-0.05, 0) is 37.8 Å². The van der Waals surface area contributed by atoms with Crippen molar-refractivity contribution in [2.24, 2.45) is 0 Å². The van der Waals surface area contributed by atoms with Gasteiger partial charge in [0.15, 0.2) is 0 Å². The second-order valence-corrected chi connectivity index (χ2v) is 11.7. The summed E-state index contributed by atoms with van der Waals surface area (Å²) in [5, 5.41) is 60.8. The highest BCUT2D eigenvalue weighted by atomic mass is 16.3. The number of unbranched alkanes of at least 4 members (excludes halogenated alkanes) is 4. The van der Waals surface area contributed by atoms with Crippen molar-refractivity contribution in [3.05, 3.63) is 53.5 Å². The van der Waals surface area contributed by atoms with Crippen molar-refractivity contribution >= 4 is 33.4 Å². The summed E-state index contributed by atoms with van der Waals surface area (Å²) in [6, 6.07) is 2.54. The summed E-state index contributed by atoms with van der Waals surface area (Å²) in [4.78, 5) is 76.3. The average Bonchev–Trinajstić information content (AvgIpc) is 3.44. The Morgan fingerprint density at radius 2 is 0.783 bits per heavy atom. The molecule has 0 radical (unpaired) electrons. The van der Waals surface area contributed by atoms with Crippen molar-refractivity contribution < 1.29 is 40.2 Å². The molecule has 0 unspecified atom stereocenters. The molecule has 3 aromatic rings. The SMILES string of the molecule is O=C(CCCCCn1c(=O)c2cc3c(=O)n(CCCCCC(=O)NC(CO)(CO)CO)c(=O)c3cc2c1=O)NC(CO)(CO)CO. The first-order valence-electron chi connectivity index (χ1n) is 15.1. The van der Waals surface area contributed by atoms with Crippen LogP contribution in [0.2, 0.25) is 0 Å². The molecule has 2 amide bonds. The Balaban J connectivity index is 1.60. The Labute approximate surface area is 262 Å². The van der Waals surface area contributed by atoms with Crippen LogP contribution in [0.3, 0.4) is 0 Å². The fraction of sp³-hybridized carbons (Fsp3) is 0.600. The number of hydrogen-bond acceptors (Lipinski definition) is 12. The minimum absolute atomic E-state index is 0.0233. The molecule has 16 nitrogen and oxygen atoms in total. The Morgan fingerprint density at radius 1 is 0.500 bits per heavy atom. The van der Waals surface area contributed by atoms with Gasteiger partial charge in [-0.15, -0.1) is 0 Å². The number of fused-ring (bicyclic) bond motifs is 2. The van der Waals surface area contributed by atoms with Crippen molar-refractivity contribution in [2.75, 3.05) is 39.6 Å². The van der Waals surface area contributed by atoms with Gasteiger partial charge in [-0.2, -0.15) is 0 Å². The lowest BCUT2D eigenvalue weighted by Crippen LogP contribution is -2.57. The van der Waals surface area contributed by atoms with Crippen LogP contribution >= 0.6 is 0 Å². The van der Waals surface area contributed by atoms with Crippen molar-refractivity contribution in [3.8, 4) is 0 Å². The standard InChI is InChI=1S/C30H42N4O12/c35-13-29(14-36,15-37)31-23(41)7-3-1-5-9-33-25(43)19-11-21-22(12-20(19)26(33)44)28(46)34(27(21)45)10-6-2-4-8-24(42)32-30(16-38,17-39)18-40/h11-12,35-40H,1-10,13-18H2,(H,31,41)(H,32,42). The highest BCUT2D eigenvalue weighted by Gasteiger charge is 2.30. The predicted molar refractivity (Wildman–Crippen MR) is 166 cm³/mol. The van der Waals surface area contributed by atoms with Gasteiger partial charge >= 0.3 is 0 Å². The number of rotatable bonds is 20. The van der Waals surface area contributed by atoms with E-state index in [0.29, 0.717) is 38.5 Å². The molecular formula is C30H42N4O12. The highest BCUT2D eigenvalue weighted by molar-refractivity contribution is 5.97. The van der Waals surface area contributed by atoms with Crippen LogP contribution in [0.4, 0.5) is 0 Å². The summed E-state index contributed by atoms with van der Waals surface area (Å²) in [6.07, 6.45) is 2.52. The lowest BCUT2D eigenvalue weighted by Gasteiger charge is -2.28. The molecule has 0 atom stereocenters. The van der Waals surface area contributed by atoms with Gasteiger partial charge < -0.3 is 41.3 Å². The van der Waals surface area contributed by atoms with E-state index < -0.39 is 84.8 Å². The van der Waals surface area contributed by atoms with E-state index in [1.54, 1.807) is 0 Å². The molecule has 8 N–H and O–H groups in total. The van der Waals surface area contributed by atoms with Crippen molar-refractivity contribution in [1.29, 1.82) is 0 Å². The van der Waals surface area contributed by atoms with Gasteiger partial charge in [-0.3, -0.25) is 37.9 Å². The molecular weight excluding hydrogens is 608 g/mol. The highest BCUT2D eigenvalue weighted by Crippen LogP contribution is 2.15. The van der Waals surface area contributed by atoms with Crippen LogP contribution in [-0.4, -0.2) is 102 Å². The van der Waals surface area contributed by atoms with E-state index in [0.717, 1.165) is 9.13 Å². The third-order valence-electron chi connectivity index (χ3n) is 8.26. The zero-order valence-corrected chi connectivity index (χ0v) is 25.5. The lowest BCUT2D eigenvalue weighted by atomic mass is 10.0. The molecule has 254 valence electrons. The van der Waals surface area contributed by atoms with Gasteiger partial charge in [-0.25, -0.2) is 0 Å². The molecule has 0 aliphatic rings. The maximum atomic E-state index is 13.0. The Kier molecular flexibility index (Phi) is 12.9. The predicted octanol–water partition coefficient (Wildman–Crippen LogP) is -3.30. The molecule has 0 fully saturated rings. The molecule has 0 aliphatic heterocycles. The van der Waals surface area contributed by atoms with Crippen molar-refractivity contribution in [1.82, 2.24) is 19.8 Å². The second kappa shape index (κ2) is 16.2. The monoisotopic (exact) mass is 650 g/mol. The van der Waals surface area contributed by atoms with E-state index in [4.69, 9.17) is 0 Å². The molecule has 2 heterocycles. The third kappa shape index (κ3) is 7.94. The normalized spacial score (nSPS) is 12.3. The van der Waals surface area contributed by atoms with E-state index in [1.165, 1.54) is 12.1 Å².